The maximum atomic E-state index is 10.5. The highest BCUT2D eigenvalue weighted by Gasteiger charge is 2.25. The molecule has 0 amide bonds. The van der Waals surface area contributed by atoms with Gasteiger partial charge in [-0.05, 0) is 32.7 Å². The largest absolute Gasteiger partial charge is 0.481 e. The standard InChI is InChI=1S/C14H22N2O3/c1-10(2)16-6-5-11(9-16)7-13-15-8-12(19-13)3-4-14(17)18/h8,10-11H,3-7,9H2,1-2H3,(H,17,18). The Bertz CT molecular complexity index is 428. The molecule has 1 aliphatic rings. The molecule has 0 bridgehead atoms. The minimum absolute atomic E-state index is 0.0964. The predicted molar refractivity (Wildman–Crippen MR) is 71.0 cm³/mol. The number of oxazole rings is 1. The van der Waals surface area contributed by atoms with Gasteiger partial charge in [-0.2, -0.15) is 0 Å². The molecule has 1 saturated heterocycles. The molecule has 19 heavy (non-hydrogen) atoms. The minimum Gasteiger partial charge on any atom is -0.481 e. The average Bonchev–Trinajstić information content (AvgIpc) is 2.96. The molecule has 2 rings (SSSR count). The van der Waals surface area contributed by atoms with Crippen molar-refractivity contribution in [3.63, 3.8) is 0 Å². The lowest BCUT2D eigenvalue weighted by molar-refractivity contribution is -0.137. The summed E-state index contributed by atoms with van der Waals surface area (Å²) in [5.41, 5.74) is 0. The zero-order valence-electron chi connectivity index (χ0n) is 11.6. The summed E-state index contributed by atoms with van der Waals surface area (Å²) < 4.78 is 5.60. The summed E-state index contributed by atoms with van der Waals surface area (Å²) in [6.45, 7) is 6.69. The molecule has 0 aliphatic carbocycles. The number of aryl methyl sites for hydroxylation is 1. The number of aromatic nitrogens is 1. The van der Waals surface area contributed by atoms with Crippen LogP contribution in [0, 0.1) is 5.92 Å². The summed E-state index contributed by atoms with van der Waals surface area (Å²) in [4.78, 5) is 17.2. The van der Waals surface area contributed by atoms with Crippen LogP contribution in [0.25, 0.3) is 0 Å². The van der Waals surface area contributed by atoms with Crippen molar-refractivity contribution < 1.29 is 14.3 Å². The number of aliphatic carboxylic acids is 1. The molecule has 1 aliphatic heterocycles. The van der Waals surface area contributed by atoms with Gasteiger partial charge in [-0.25, -0.2) is 4.98 Å². The Kier molecular flexibility index (Phi) is 4.58. The van der Waals surface area contributed by atoms with Gasteiger partial charge in [0.1, 0.15) is 5.76 Å². The van der Waals surface area contributed by atoms with Gasteiger partial charge in [0.25, 0.3) is 0 Å². The van der Waals surface area contributed by atoms with Crippen molar-refractivity contribution in [1.82, 2.24) is 9.88 Å². The van der Waals surface area contributed by atoms with Gasteiger partial charge >= 0.3 is 5.97 Å². The third kappa shape index (κ3) is 4.06. The first-order valence-electron chi connectivity index (χ1n) is 6.94. The fourth-order valence-corrected chi connectivity index (χ4v) is 2.53. The molecule has 106 valence electrons. The first kappa shape index (κ1) is 14.1. The Morgan fingerprint density at radius 1 is 1.63 bits per heavy atom. The molecule has 1 unspecified atom stereocenters. The van der Waals surface area contributed by atoms with Crippen LogP contribution in [-0.2, 0) is 17.6 Å². The predicted octanol–water partition coefficient (Wildman–Crippen LogP) is 1.96. The summed E-state index contributed by atoms with van der Waals surface area (Å²) in [6.07, 6.45) is 4.22. The van der Waals surface area contributed by atoms with Gasteiger partial charge in [-0.1, -0.05) is 0 Å². The van der Waals surface area contributed by atoms with E-state index in [1.807, 2.05) is 0 Å². The Balaban J connectivity index is 1.82. The van der Waals surface area contributed by atoms with Gasteiger partial charge < -0.3 is 14.4 Å². The number of carboxylic acids is 1. The third-order valence-electron chi connectivity index (χ3n) is 3.70. The van der Waals surface area contributed by atoms with Crippen molar-refractivity contribution in [2.24, 2.45) is 5.92 Å². The van der Waals surface area contributed by atoms with E-state index in [0.29, 0.717) is 24.1 Å². The Hall–Kier alpha value is -1.36. The summed E-state index contributed by atoms with van der Waals surface area (Å²) in [7, 11) is 0. The van der Waals surface area contributed by atoms with Gasteiger partial charge in [0.2, 0.25) is 0 Å². The highest BCUT2D eigenvalue weighted by Crippen LogP contribution is 2.22. The fourth-order valence-electron chi connectivity index (χ4n) is 2.53. The molecule has 1 N–H and O–H groups in total. The van der Waals surface area contributed by atoms with E-state index >= 15 is 0 Å². The summed E-state index contributed by atoms with van der Waals surface area (Å²) in [5, 5.41) is 8.62. The molecule has 1 aromatic rings. The van der Waals surface area contributed by atoms with Crippen LogP contribution in [0.3, 0.4) is 0 Å². The third-order valence-corrected chi connectivity index (χ3v) is 3.70. The number of carbonyl (C=O) groups is 1. The quantitative estimate of drug-likeness (QED) is 0.852. The van der Waals surface area contributed by atoms with Crippen LogP contribution in [0.4, 0.5) is 0 Å². The van der Waals surface area contributed by atoms with Crippen LogP contribution in [0.15, 0.2) is 10.6 Å². The van der Waals surface area contributed by atoms with Crippen molar-refractivity contribution in [3.05, 3.63) is 17.8 Å². The van der Waals surface area contributed by atoms with E-state index in [9.17, 15) is 4.79 Å². The lowest BCUT2D eigenvalue weighted by Gasteiger charge is -2.19. The summed E-state index contributed by atoms with van der Waals surface area (Å²) >= 11 is 0. The van der Waals surface area contributed by atoms with E-state index in [4.69, 9.17) is 9.52 Å². The normalized spacial score (nSPS) is 20.3. The van der Waals surface area contributed by atoms with Gasteiger partial charge in [-0.3, -0.25) is 4.79 Å². The second-order valence-electron chi connectivity index (χ2n) is 5.56. The molecule has 0 spiro atoms. The number of rotatable bonds is 6. The number of nitrogens with zero attached hydrogens (tertiary/aromatic N) is 2. The second kappa shape index (κ2) is 6.19. The minimum atomic E-state index is -0.804. The second-order valence-corrected chi connectivity index (χ2v) is 5.56. The van der Waals surface area contributed by atoms with Crippen molar-refractivity contribution >= 4 is 5.97 Å². The zero-order valence-corrected chi connectivity index (χ0v) is 11.6. The highest BCUT2D eigenvalue weighted by atomic mass is 16.4. The summed E-state index contributed by atoms with van der Waals surface area (Å²) in [5.74, 6) is 1.22. The van der Waals surface area contributed by atoms with Crippen molar-refractivity contribution in [2.45, 2.75) is 45.6 Å². The maximum Gasteiger partial charge on any atom is 0.303 e. The van der Waals surface area contributed by atoms with E-state index in [2.05, 4.69) is 23.7 Å². The van der Waals surface area contributed by atoms with Crippen molar-refractivity contribution in [3.8, 4) is 0 Å². The first-order valence-corrected chi connectivity index (χ1v) is 6.94. The molecular formula is C14H22N2O3. The highest BCUT2D eigenvalue weighted by molar-refractivity contribution is 5.66. The Labute approximate surface area is 113 Å². The smallest absolute Gasteiger partial charge is 0.303 e. The van der Waals surface area contributed by atoms with Crippen LogP contribution in [0.2, 0.25) is 0 Å². The lowest BCUT2D eigenvalue weighted by atomic mass is 10.1. The van der Waals surface area contributed by atoms with E-state index in [1.165, 1.54) is 6.42 Å². The molecule has 0 saturated carbocycles. The van der Waals surface area contributed by atoms with Crippen molar-refractivity contribution in [2.75, 3.05) is 13.1 Å². The first-order chi connectivity index (χ1) is 9.04. The van der Waals surface area contributed by atoms with Gasteiger partial charge in [0, 0.05) is 25.4 Å². The zero-order chi connectivity index (χ0) is 13.8. The Morgan fingerprint density at radius 2 is 2.42 bits per heavy atom. The number of likely N-dealkylation sites (tertiary alicyclic amines) is 1. The molecule has 5 heteroatoms. The topological polar surface area (TPSA) is 66.6 Å². The fraction of sp³-hybridized carbons (Fsp3) is 0.714. The SMILES string of the molecule is CC(C)N1CCC(Cc2ncc(CCC(=O)O)o2)C1. The molecule has 1 atom stereocenters. The van der Waals surface area contributed by atoms with E-state index < -0.39 is 5.97 Å². The van der Waals surface area contributed by atoms with E-state index in [-0.39, 0.29) is 6.42 Å². The molecule has 5 nitrogen and oxygen atoms in total. The molecule has 2 heterocycles. The van der Waals surface area contributed by atoms with Gasteiger partial charge in [0.15, 0.2) is 5.89 Å². The number of hydrogen-bond donors (Lipinski definition) is 1. The van der Waals surface area contributed by atoms with Crippen molar-refractivity contribution in [1.29, 1.82) is 0 Å². The molecule has 1 fully saturated rings. The van der Waals surface area contributed by atoms with Gasteiger partial charge in [-0.15, -0.1) is 0 Å². The van der Waals surface area contributed by atoms with Crippen LogP contribution < -0.4 is 0 Å². The van der Waals surface area contributed by atoms with Crippen LogP contribution in [0.5, 0.6) is 0 Å². The summed E-state index contributed by atoms with van der Waals surface area (Å²) in [6, 6.07) is 0.598. The molecular weight excluding hydrogens is 244 g/mol. The lowest BCUT2D eigenvalue weighted by Crippen LogP contribution is -2.28. The monoisotopic (exact) mass is 266 g/mol. The molecule has 0 radical (unpaired) electrons. The maximum absolute atomic E-state index is 10.5. The van der Waals surface area contributed by atoms with Gasteiger partial charge in [0.05, 0.1) is 12.6 Å². The average molecular weight is 266 g/mol. The van der Waals surface area contributed by atoms with E-state index in [0.717, 1.165) is 25.4 Å². The van der Waals surface area contributed by atoms with Crippen LogP contribution >= 0.6 is 0 Å². The van der Waals surface area contributed by atoms with E-state index in [1.54, 1.807) is 6.20 Å². The molecule has 0 aromatic carbocycles. The molecule has 1 aromatic heterocycles. The Morgan fingerprint density at radius 3 is 3.05 bits per heavy atom. The number of carboxylic acid groups (broad SMARTS) is 1. The van der Waals surface area contributed by atoms with Crippen LogP contribution in [0.1, 0.15) is 38.3 Å². The number of hydrogen-bond acceptors (Lipinski definition) is 4. The van der Waals surface area contributed by atoms with Crippen LogP contribution in [-0.4, -0.2) is 40.1 Å².